The van der Waals surface area contributed by atoms with Gasteiger partial charge in [0.1, 0.15) is 0 Å². The van der Waals surface area contributed by atoms with Gasteiger partial charge in [-0.2, -0.15) is 5.26 Å². The Labute approximate surface area is 171 Å². The number of fused-ring (bicyclic) bond motifs is 1. The second-order valence-corrected chi connectivity index (χ2v) is 8.69. The zero-order valence-electron chi connectivity index (χ0n) is 16.1. The summed E-state index contributed by atoms with van der Waals surface area (Å²) in [6, 6.07) is 17.5. The largest absolute Gasteiger partial charge is 0.349 e. The summed E-state index contributed by atoms with van der Waals surface area (Å²) in [6.07, 6.45) is 4.57. The molecule has 0 saturated heterocycles. The van der Waals surface area contributed by atoms with Crippen LogP contribution in [-0.4, -0.2) is 11.9 Å². The fraction of sp³-hybridized carbons (Fsp3) is 0.417. The van der Waals surface area contributed by atoms with Crippen molar-refractivity contribution in [2.45, 2.75) is 38.6 Å². The Hall–Kier alpha value is -2.31. The minimum Gasteiger partial charge on any atom is -0.349 e. The molecule has 2 fully saturated rings. The van der Waals surface area contributed by atoms with Crippen molar-refractivity contribution in [3.8, 4) is 6.07 Å². The maximum Gasteiger partial charge on any atom is 0.251 e. The molecule has 3 atom stereocenters. The quantitative estimate of drug-likeness (QED) is 0.731. The zero-order valence-corrected chi connectivity index (χ0v) is 16.8. The molecule has 0 aromatic heterocycles. The van der Waals surface area contributed by atoms with Crippen LogP contribution in [0.2, 0.25) is 5.02 Å². The van der Waals surface area contributed by atoms with Crippen molar-refractivity contribution in [3.05, 3.63) is 70.2 Å². The number of carbonyl (C=O) groups excluding carboxylic acids is 1. The maximum absolute atomic E-state index is 12.6. The first kappa shape index (κ1) is 19.0. The Balaban J connectivity index is 1.30. The first-order valence-corrected chi connectivity index (χ1v) is 10.5. The molecule has 2 aromatic rings. The Morgan fingerprint density at radius 2 is 1.79 bits per heavy atom. The summed E-state index contributed by atoms with van der Waals surface area (Å²) >= 11 is 5.92. The van der Waals surface area contributed by atoms with Gasteiger partial charge in [-0.05, 0) is 91.3 Å². The average molecular weight is 393 g/mol. The molecule has 144 valence electrons. The smallest absolute Gasteiger partial charge is 0.251 e. The van der Waals surface area contributed by atoms with Crippen LogP contribution < -0.4 is 5.32 Å². The second-order valence-electron chi connectivity index (χ2n) is 8.25. The molecule has 1 N–H and O–H groups in total. The fourth-order valence-electron chi connectivity index (χ4n) is 5.14. The predicted octanol–water partition coefficient (Wildman–Crippen LogP) is 5.23. The monoisotopic (exact) mass is 392 g/mol. The van der Waals surface area contributed by atoms with Crippen LogP contribution in [0.1, 0.15) is 47.7 Å². The number of nitrogens with zero attached hydrogens (tertiary/aromatic N) is 1. The van der Waals surface area contributed by atoms with Crippen molar-refractivity contribution in [2.75, 3.05) is 0 Å². The summed E-state index contributed by atoms with van der Waals surface area (Å²) in [5.41, 5.74) is 2.72. The van der Waals surface area contributed by atoms with E-state index in [0.717, 1.165) is 36.2 Å². The molecule has 2 aliphatic rings. The summed E-state index contributed by atoms with van der Waals surface area (Å²) in [4.78, 5) is 12.6. The number of nitriles is 1. The number of carbonyl (C=O) groups is 1. The maximum atomic E-state index is 12.6. The first-order valence-electron chi connectivity index (χ1n) is 10.1. The highest BCUT2D eigenvalue weighted by molar-refractivity contribution is 6.30. The van der Waals surface area contributed by atoms with Crippen LogP contribution in [0.4, 0.5) is 0 Å². The Kier molecular flexibility index (Phi) is 5.42. The Morgan fingerprint density at radius 1 is 1.14 bits per heavy atom. The summed E-state index contributed by atoms with van der Waals surface area (Å²) in [5.74, 6) is 2.85. The highest BCUT2D eigenvalue weighted by atomic mass is 35.5. The lowest BCUT2D eigenvalue weighted by molar-refractivity contribution is 0.0927. The molecule has 4 heteroatoms. The van der Waals surface area contributed by atoms with Gasteiger partial charge in [0, 0.05) is 16.6 Å². The Bertz CT molecular complexity index is 872. The summed E-state index contributed by atoms with van der Waals surface area (Å²) in [5, 5.41) is 12.8. The van der Waals surface area contributed by atoms with E-state index in [2.05, 4.69) is 30.4 Å². The van der Waals surface area contributed by atoms with Gasteiger partial charge in [-0.1, -0.05) is 30.7 Å². The van der Waals surface area contributed by atoms with Gasteiger partial charge in [0.25, 0.3) is 5.91 Å². The highest BCUT2D eigenvalue weighted by Crippen LogP contribution is 2.61. The van der Waals surface area contributed by atoms with Crippen LogP contribution in [0.15, 0.2) is 48.5 Å². The van der Waals surface area contributed by atoms with Crippen LogP contribution >= 0.6 is 11.6 Å². The van der Waals surface area contributed by atoms with Crippen molar-refractivity contribution in [1.82, 2.24) is 5.32 Å². The van der Waals surface area contributed by atoms with Crippen molar-refractivity contribution in [3.63, 3.8) is 0 Å². The van der Waals surface area contributed by atoms with E-state index < -0.39 is 0 Å². The van der Waals surface area contributed by atoms with E-state index in [1.807, 2.05) is 12.1 Å². The summed E-state index contributed by atoms with van der Waals surface area (Å²) < 4.78 is 0. The van der Waals surface area contributed by atoms with Crippen molar-refractivity contribution in [1.29, 1.82) is 5.26 Å². The van der Waals surface area contributed by atoms with Gasteiger partial charge in [-0.3, -0.25) is 4.79 Å². The van der Waals surface area contributed by atoms with Gasteiger partial charge >= 0.3 is 0 Å². The molecule has 28 heavy (non-hydrogen) atoms. The number of amides is 1. The van der Waals surface area contributed by atoms with Gasteiger partial charge in [-0.25, -0.2) is 0 Å². The molecule has 2 aromatic carbocycles. The third-order valence-electron chi connectivity index (χ3n) is 6.54. The molecule has 1 amide bonds. The van der Waals surface area contributed by atoms with Gasteiger partial charge in [0.15, 0.2) is 0 Å². The second kappa shape index (κ2) is 7.97. The van der Waals surface area contributed by atoms with Crippen molar-refractivity contribution >= 4 is 17.5 Å². The summed E-state index contributed by atoms with van der Waals surface area (Å²) in [7, 11) is 0. The van der Waals surface area contributed by atoms with Crippen LogP contribution in [0.5, 0.6) is 0 Å². The number of halogens is 1. The molecule has 2 aliphatic carbocycles. The normalized spacial score (nSPS) is 26.2. The lowest BCUT2D eigenvalue weighted by atomic mass is 9.90. The minimum absolute atomic E-state index is 0.00243. The number of benzene rings is 2. The van der Waals surface area contributed by atoms with Crippen molar-refractivity contribution < 1.29 is 4.79 Å². The van der Waals surface area contributed by atoms with Gasteiger partial charge < -0.3 is 5.32 Å². The molecule has 0 heterocycles. The lowest BCUT2D eigenvalue weighted by Gasteiger charge is -2.21. The van der Waals surface area contributed by atoms with Crippen LogP contribution in [-0.2, 0) is 6.42 Å². The van der Waals surface area contributed by atoms with Crippen LogP contribution in [0.25, 0.3) is 0 Å². The summed E-state index contributed by atoms with van der Waals surface area (Å²) in [6.45, 7) is 2.16. The molecular weight excluding hydrogens is 368 g/mol. The molecule has 0 spiro atoms. The van der Waals surface area contributed by atoms with E-state index in [1.54, 1.807) is 24.3 Å². The fourth-order valence-corrected chi connectivity index (χ4v) is 5.27. The zero-order chi connectivity index (χ0) is 19.7. The third kappa shape index (κ3) is 3.93. The molecular formula is C24H25ClN2O. The van der Waals surface area contributed by atoms with Crippen LogP contribution in [0, 0.1) is 35.0 Å². The van der Waals surface area contributed by atoms with E-state index in [9.17, 15) is 4.79 Å². The SMILES string of the molecule is CCC(NC(=O)c1ccc(Cl)cc1)C1C2CC(Cc3ccc(C#N)cc3)CC21. The lowest BCUT2D eigenvalue weighted by Crippen LogP contribution is -2.37. The number of hydrogen-bond donors (Lipinski definition) is 1. The predicted molar refractivity (Wildman–Crippen MR) is 111 cm³/mol. The minimum atomic E-state index is 0.00243. The molecule has 4 rings (SSSR count). The first-order chi connectivity index (χ1) is 13.6. The topological polar surface area (TPSA) is 52.9 Å². The van der Waals surface area contributed by atoms with Crippen LogP contribution in [0.3, 0.4) is 0 Å². The third-order valence-corrected chi connectivity index (χ3v) is 6.80. The molecule has 0 bridgehead atoms. The highest BCUT2D eigenvalue weighted by Gasteiger charge is 2.58. The molecule has 3 unspecified atom stereocenters. The van der Waals surface area contributed by atoms with Gasteiger partial charge in [0.2, 0.25) is 0 Å². The molecule has 3 nitrogen and oxygen atoms in total. The Morgan fingerprint density at radius 3 is 2.36 bits per heavy atom. The van der Waals surface area contributed by atoms with E-state index in [4.69, 9.17) is 16.9 Å². The van der Waals surface area contributed by atoms with Gasteiger partial charge in [-0.15, -0.1) is 0 Å². The molecule has 0 aliphatic heterocycles. The standard InChI is InChI=1S/C24H25ClN2O/c1-2-22(27-24(28)18-7-9-19(25)10-8-18)23-20-12-17(13-21(20)23)11-15-3-5-16(14-26)6-4-15/h3-10,17,20-23H,2,11-13H2,1H3,(H,27,28). The van der Waals surface area contributed by atoms with E-state index in [-0.39, 0.29) is 11.9 Å². The average Bonchev–Trinajstić information content (AvgIpc) is 3.20. The van der Waals surface area contributed by atoms with E-state index in [1.165, 1.54) is 18.4 Å². The van der Waals surface area contributed by atoms with Crippen molar-refractivity contribution in [2.24, 2.45) is 23.7 Å². The van der Waals surface area contributed by atoms with E-state index in [0.29, 0.717) is 16.5 Å². The van der Waals surface area contributed by atoms with E-state index >= 15 is 0 Å². The number of rotatable bonds is 6. The molecule has 0 radical (unpaired) electrons. The molecule has 2 saturated carbocycles. The number of hydrogen-bond acceptors (Lipinski definition) is 2. The number of nitrogens with one attached hydrogen (secondary N) is 1. The van der Waals surface area contributed by atoms with Gasteiger partial charge in [0.05, 0.1) is 11.6 Å².